The maximum atomic E-state index is 6.46. The van der Waals surface area contributed by atoms with Gasteiger partial charge in [0.25, 0.3) is 0 Å². The van der Waals surface area contributed by atoms with E-state index in [1.807, 2.05) is 31.2 Å². The van der Waals surface area contributed by atoms with Gasteiger partial charge in [-0.15, -0.1) is 0 Å². The Hall–Kier alpha value is -1.31. The van der Waals surface area contributed by atoms with Gasteiger partial charge in [0, 0.05) is 5.02 Å². The van der Waals surface area contributed by atoms with E-state index in [-0.39, 0.29) is 0 Å². The summed E-state index contributed by atoms with van der Waals surface area (Å²) in [6.45, 7) is 4.16. The van der Waals surface area contributed by atoms with Crippen LogP contribution in [-0.2, 0) is 12.0 Å². The van der Waals surface area contributed by atoms with Crippen molar-refractivity contribution in [2.24, 2.45) is 5.73 Å². The van der Waals surface area contributed by atoms with Crippen molar-refractivity contribution in [2.75, 3.05) is 0 Å². The van der Waals surface area contributed by atoms with Crippen LogP contribution in [0.15, 0.2) is 48.5 Å². The summed E-state index contributed by atoms with van der Waals surface area (Å²) in [6, 6.07) is 16.2. The van der Waals surface area contributed by atoms with Crippen molar-refractivity contribution in [3.8, 4) is 0 Å². The molecule has 2 aromatic rings. The molecule has 1 unspecified atom stereocenters. The summed E-state index contributed by atoms with van der Waals surface area (Å²) < 4.78 is 0. The maximum Gasteiger partial charge on any atom is 0.0637 e. The quantitative estimate of drug-likeness (QED) is 0.882. The van der Waals surface area contributed by atoms with E-state index >= 15 is 0 Å². The Bertz CT molecular complexity index is 529. The molecule has 1 nitrogen and oxygen atoms in total. The summed E-state index contributed by atoms with van der Waals surface area (Å²) in [7, 11) is 0. The molecule has 0 fully saturated rings. The van der Waals surface area contributed by atoms with Crippen molar-refractivity contribution in [1.82, 2.24) is 0 Å². The molecule has 0 spiro atoms. The van der Waals surface area contributed by atoms with Crippen molar-refractivity contribution >= 4 is 11.6 Å². The number of halogens is 1. The number of aryl methyl sites for hydroxylation is 1. The second-order valence-electron chi connectivity index (χ2n) is 4.76. The normalized spacial score (nSPS) is 14.2. The number of benzene rings is 2. The minimum absolute atomic E-state index is 0.517. The van der Waals surface area contributed by atoms with E-state index in [0.29, 0.717) is 5.02 Å². The van der Waals surface area contributed by atoms with Crippen LogP contribution in [0.5, 0.6) is 0 Å². The Labute approximate surface area is 114 Å². The molecule has 94 valence electrons. The summed E-state index contributed by atoms with van der Waals surface area (Å²) in [5, 5.41) is 0.717. The van der Waals surface area contributed by atoms with E-state index in [9.17, 15) is 0 Å². The molecule has 2 heteroatoms. The number of hydrogen-bond donors (Lipinski definition) is 1. The van der Waals surface area contributed by atoms with Crippen LogP contribution < -0.4 is 5.73 Å². The zero-order valence-electron chi connectivity index (χ0n) is 10.8. The van der Waals surface area contributed by atoms with Crippen molar-refractivity contribution in [2.45, 2.75) is 25.8 Å². The van der Waals surface area contributed by atoms with Crippen molar-refractivity contribution in [3.05, 3.63) is 70.2 Å². The topological polar surface area (TPSA) is 26.0 Å². The standard InChI is InChI=1S/C16H18ClN/c1-3-12-7-9-13(10-8-12)16(2,18)14-5-4-6-15(17)11-14/h4-11H,3,18H2,1-2H3. The van der Waals surface area contributed by atoms with E-state index in [1.165, 1.54) is 5.56 Å². The third-order valence-electron chi connectivity index (χ3n) is 3.39. The fourth-order valence-corrected chi connectivity index (χ4v) is 2.26. The summed E-state index contributed by atoms with van der Waals surface area (Å²) in [5.74, 6) is 0. The average molecular weight is 260 g/mol. The summed E-state index contributed by atoms with van der Waals surface area (Å²) in [6.07, 6.45) is 1.04. The molecule has 0 saturated carbocycles. The molecule has 0 saturated heterocycles. The first-order chi connectivity index (χ1) is 8.54. The first-order valence-corrected chi connectivity index (χ1v) is 6.56. The van der Waals surface area contributed by atoms with Crippen LogP contribution >= 0.6 is 11.6 Å². The Balaban J connectivity index is 2.40. The van der Waals surface area contributed by atoms with E-state index in [2.05, 4.69) is 31.2 Å². The van der Waals surface area contributed by atoms with Gasteiger partial charge in [-0.25, -0.2) is 0 Å². The van der Waals surface area contributed by atoms with Crippen molar-refractivity contribution in [3.63, 3.8) is 0 Å². The molecule has 0 aliphatic rings. The molecule has 1 atom stereocenters. The SMILES string of the molecule is CCc1ccc(C(C)(N)c2cccc(Cl)c2)cc1. The third-order valence-corrected chi connectivity index (χ3v) is 3.62. The van der Waals surface area contributed by atoms with E-state index in [4.69, 9.17) is 17.3 Å². The second-order valence-corrected chi connectivity index (χ2v) is 5.20. The first kappa shape index (κ1) is 13.1. The number of nitrogens with two attached hydrogens (primary N) is 1. The van der Waals surface area contributed by atoms with Gasteiger partial charge in [0.1, 0.15) is 0 Å². The highest BCUT2D eigenvalue weighted by atomic mass is 35.5. The molecular weight excluding hydrogens is 242 g/mol. The molecule has 0 aliphatic heterocycles. The van der Waals surface area contributed by atoms with Gasteiger partial charge in [-0.1, -0.05) is 54.9 Å². The van der Waals surface area contributed by atoms with Crippen LogP contribution in [0.25, 0.3) is 0 Å². The molecule has 0 amide bonds. The van der Waals surface area contributed by atoms with Crippen LogP contribution in [0.1, 0.15) is 30.5 Å². The zero-order chi connectivity index (χ0) is 13.2. The molecule has 0 heterocycles. The van der Waals surface area contributed by atoms with Crippen LogP contribution in [0.2, 0.25) is 5.02 Å². The molecule has 2 aromatic carbocycles. The Morgan fingerprint density at radius 2 is 1.72 bits per heavy atom. The average Bonchev–Trinajstić information content (AvgIpc) is 2.39. The van der Waals surface area contributed by atoms with E-state index < -0.39 is 5.54 Å². The maximum absolute atomic E-state index is 6.46. The third kappa shape index (κ3) is 2.58. The van der Waals surface area contributed by atoms with Gasteiger partial charge in [-0.2, -0.15) is 0 Å². The predicted molar refractivity (Wildman–Crippen MR) is 77.9 cm³/mol. The molecule has 0 aromatic heterocycles. The largest absolute Gasteiger partial charge is 0.318 e. The smallest absolute Gasteiger partial charge is 0.0637 e. The molecule has 2 rings (SSSR count). The first-order valence-electron chi connectivity index (χ1n) is 6.18. The number of rotatable bonds is 3. The van der Waals surface area contributed by atoms with Gasteiger partial charge in [0.2, 0.25) is 0 Å². The summed E-state index contributed by atoms with van der Waals surface area (Å²) in [4.78, 5) is 0. The summed E-state index contributed by atoms with van der Waals surface area (Å²) >= 11 is 6.03. The highest BCUT2D eigenvalue weighted by molar-refractivity contribution is 6.30. The Morgan fingerprint density at radius 3 is 2.28 bits per heavy atom. The van der Waals surface area contributed by atoms with Crippen LogP contribution in [0.3, 0.4) is 0 Å². The lowest BCUT2D eigenvalue weighted by molar-refractivity contribution is 0.603. The molecule has 2 N–H and O–H groups in total. The van der Waals surface area contributed by atoms with E-state index in [0.717, 1.165) is 17.5 Å². The monoisotopic (exact) mass is 259 g/mol. The van der Waals surface area contributed by atoms with Crippen molar-refractivity contribution in [1.29, 1.82) is 0 Å². The lowest BCUT2D eigenvalue weighted by Crippen LogP contribution is -2.34. The molecule has 18 heavy (non-hydrogen) atoms. The molecule has 0 bridgehead atoms. The molecule has 0 aliphatic carbocycles. The second kappa shape index (κ2) is 5.13. The Morgan fingerprint density at radius 1 is 1.06 bits per heavy atom. The van der Waals surface area contributed by atoms with Gasteiger partial charge < -0.3 is 5.73 Å². The van der Waals surface area contributed by atoms with E-state index in [1.54, 1.807) is 0 Å². The van der Waals surface area contributed by atoms with Gasteiger partial charge in [0.05, 0.1) is 5.54 Å². The van der Waals surface area contributed by atoms with Gasteiger partial charge in [-0.3, -0.25) is 0 Å². The lowest BCUT2D eigenvalue weighted by Gasteiger charge is -2.26. The summed E-state index contributed by atoms with van der Waals surface area (Å²) in [5.41, 5.74) is 9.39. The highest BCUT2D eigenvalue weighted by Crippen LogP contribution is 2.28. The molecule has 0 radical (unpaired) electrons. The van der Waals surface area contributed by atoms with Crippen molar-refractivity contribution < 1.29 is 0 Å². The number of hydrogen-bond acceptors (Lipinski definition) is 1. The van der Waals surface area contributed by atoms with Crippen LogP contribution in [0.4, 0.5) is 0 Å². The Kier molecular flexibility index (Phi) is 3.74. The van der Waals surface area contributed by atoms with Crippen LogP contribution in [-0.4, -0.2) is 0 Å². The van der Waals surface area contributed by atoms with Gasteiger partial charge in [0.15, 0.2) is 0 Å². The van der Waals surface area contributed by atoms with Gasteiger partial charge >= 0.3 is 0 Å². The minimum atomic E-state index is -0.517. The zero-order valence-corrected chi connectivity index (χ0v) is 11.5. The highest BCUT2D eigenvalue weighted by Gasteiger charge is 2.23. The van der Waals surface area contributed by atoms with Crippen LogP contribution in [0, 0.1) is 0 Å². The minimum Gasteiger partial charge on any atom is -0.318 e. The fourth-order valence-electron chi connectivity index (χ4n) is 2.06. The van der Waals surface area contributed by atoms with Gasteiger partial charge in [-0.05, 0) is 42.2 Å². The lowest BCUT2D eigenvalue weighted by atomic mass is 9.85. The molecular formula is C16H18ClN. The predicted octanol–water partition coefficient (Wildman–Crippen LogP) is 4.12. The fraction of sp³-hybridized carbons (Fsp3) is 0.250.